The second-order valence-corrected chi connectivity index (χ2v) is 10.6. The first kappa shape index (κ1) is 21.9. The Morgan fingerprint density at radius 3 is 2.58 bits per heavy atom. The number of piperidine rings is 1. The second kappa shape index (κ2) is 8.64. The molecule has 2 aliphatic heterocycles. The fourth-order valence-electron chi connectivity index (χ4n) is 4.31. The van der Waals surface area contributed by atoms with Crippen LogP contribution in [0.15, 0.2) is 30.3 Å². The van der Waals surface area contributed by atoms with Crippen LogP contribution in [-0.2, 0) is 28.0 Å². The summed E-state index contributed by atoms with van der Waals surface area (Å²) >= 11 is 0. The molecule has 1 saturated heterocycles. The van der Waals surface area contributed by atoms with Gasteiger partial charge in [0.25, 0.3) is 10.2 Å². The summed E-state index contributed by atoms with van der Waals surface area (Å²) in [6.07, 6.45) is 2.66. The Morgan fingerprint density at radius 2 is 1.87 bits per heavy atom. The van der Waals surface area contributed by atoms with Crippen molar-refractivity contribution in [2.75, 3.05) is 32.1 Å². The van der Waals surface area contributed by atoms with Crippen molar-refractivity contribution < 1.29 is 13.2 Å². The lowest BCUT2D eigenvalue weighted by molar-refractivity contribution is -0.119. The minimum Gasteiger partial charge on any atom is -0.292 e. The molecule has 0 spiro atoms. The Labute approximate surface area is 184 Å². The van der Waals surface area contributed by atoms with Crippen molar-refractivity contribution in [1.82, 2.24) is 18.6 Å². The van der Waals surface area contributed by atoms with Crippen molar-refractivity contribution in [3.8, 4) is 0 Å². The number of benzene rings is 1. The summed E-state index contributed by atoms with van der Waals surface area (Å²) in [7, 11) is -0.388. The highest BCUT2D eigenvalue weighted by Crippen LogP contribution is 2.33. The highest BCUT2D eigenvalue weighted by atomic mass is 32.2. The third-order valence-corrected chi connectivity index (χ3v) is 7.98. The van der Waals surface area contributed by atoms with Crippen LogP contribution in [0.1, 0.15) is 47.8 Å². The van der Waals surface area contributed by atoms with Crippen molar-refractivity contribution in [1.29, 1.82) is 0 Å². The minimum atomic E-state index is -3.48. The molecular formula is C22H29N5O3S. The van der Waals surface area contributed by atoms with Crippen LogP contribution < -0.4 is 4.90 Å². The largest absolute Gasteiger partial charge is 0.292 e. The topological polar surface area (TPSA) is 86.7 Å². The van der Waals surface area contributed by atoms with E-state index in [1.165, 1.54) is 8.61 Å². The highest BCUT2D eigenvalue weighted by Gasteiger charge is 2.34. The van der Waals surface area contributed by atoms with E-state index < -0.39 is 10.2 Å². The smallest absolute Gasteiger partial charge is 0.281 e. The summed E-state index contributed by atoms with van der Waals surface area (Å²) in [5, 5.41) is 0. The number of hydrogen-bond donors (Lipinski definition) is 0. The Bertz CT molecular complexity index is 1070. The molecule has 166 valence electrons. The number of carbonyl (C=O) groups excluding carboxylic acids is 1. The lowest BCUT2D eigenvalue weighted by Crippen LogP contribution is -2.45. The van der Waals surface area contributed by atoms with Crippen LogP contribution in [0, 0.1) is 6.92 Å². The van der Waals surface area contributed by atoms with E-state index in [1.807, 2.05) is 37.3 Å². The summed E-state index contributed by atoms with van der Waals surface area (Å²) in [5.41, 5.74) is 2.92. The number of aromatic nitrogens is 2. The molecule has 2 aromatic rings. The van der Waals surface area contributed by atoms with Gasteiger partial charge in [-0.25, -0.2) is 9.97 Å². The van der Waals surface area contributed by atoms with E-state index >= 15 is 0 Å². The van der Waals surface area contributed by atoms with Gasteiger partial charge in [-0.15, -0.1) is 0 Å². The molecule has 8 nitrogen and oxygen atoms in total. The zero-order valence-electron chi connectivity index (χ0n) is 18.3. The second-order valence-electron chi connectivity index (χ2n) is 8.42. The number of aryl methyl sites for hydroxylation is 1. The van der Waals surface area contributed by atoms with Crippen molar-refractivity contribution in [3.63, 3.8) is 0 Å². The van der Waals surface area contributed by atoms with E-state index in [0.29, 0.717) is 44.1 Å². The van der Waals surface area contributed by atoms with Crippen LogP contribution in [0.2, 0.25) is 0 Å². The maximum atomic E-state index is 12.8. The molecule has 0 unspecified atom stereocenters. The van der Waals surface area contributed by atoms with Gasteiger partial charge in [-0.05, 0) is 31.7 Å². The number of hydrogen-bond acceptors (Lipinski definition) is 5. The number of fused-ring (bicyclic) bond motifs is 1. The van der Waals surface area contributed by atoms with Gasteiger partial charge in [-0.3, -0.25) is 9.69 Å². The van der Waals surface area contributed by atoms with E-state index in [0.717, 1.165) is 29.7 Å². The number of amides is 1. The summed E-state index contributed by atoms with van der Waals surface area (Å²) in [4.78, 5) is 24.1. The molecule has 3 heterocycles. The lowest BCUT2D eigenvalue weighted by atomic mass is 9.97. The SMILES string of the molecule is Cc1nc([C@@H]2CCCN(S(=O)(=O)N(C)C)C2)nc2c1CCC(=O)N2Cc1ccccc1. The van der Waals surface area contributed by atoms with Crippen molar-refractivity contribution in [2.45, 2.75) is 45.1 Å². The summed E-state index contributed by atoms with van der Waals surface area (Å²) < 4.78 is 28.0. The van der Waals surface area contributed by atoms with Crippen LogP contribution in [0.3, 0.4) is 0 Å². The van der Waals surface area contributed by atoms with Gasteiger partial charge in [-0.2, -0.15) is 17.0 Å². The van der Waals surface area contributed by atoms with Crippen molar-refractivity contribution in [2.24, 2.45) is 0 Å². The van der Waals surface area contributed by atoms with E-state index in [1.54, 1.807) is 19.0 Å². The molecule has 1 fully saturated rings. The molecule has 31 heavy (non-hydrogen) atoms. The fraction of sp³-hybridized carbons (Fsp3) is 0.500. The van der Waals surface area contributed by atoms with E-state index in [2.05, 4.69) is 0 Å². The average Bonchev–Trinajstić information content (AvgIpc) is 2.76. The van der Waals surface area contributed by atoms with Gasteiger partial charge in [0.05, 0.1) is 6.54 Å². The van der Waals surface area contributed by atoms with E-state index in [-0.39, 0.29) is 11.8 Å². The van der Waals surface area contributed by atoms with Gasteiger partial charge in [0.1, 0.15) is 11.6 Å². The first-order valence-electron chi connectivity index (χ1n) is 10.7. The maximum absolute atomic E-state index is 12.8. The number of rotatable bonds is 5. The van der Waals surface area contributed by atoms with Crippen LogP contribution >= 0.6 is 0 Å². The number of nitrogens with zero attached hydrogens (tertiary/aromatic N) is 5. The van der Waals surface area contributed by atoms with Gasteiger partial charge < -0.3 is 0 Å². The molecule has 2 aliphatic rings. The van der Waals surface area contributed by atoms with Gasteiger partial charge in [0, 0.05) is 50.8 Å². The van der Waals surface area contributed by atoms with Crippen LogP contribution in [0.4, 0.5) is 5.82 Å². The molecular weight excluding hydrogens is 414 g/mol. The maximum Gasteiger partial charge on any atom is 0.281 e. The van der Waals surface area contributed by atoms with Crippen LogP contribution in [0.5, 0.6) is 0 Å². The van der Waals surface area contributed by atoms with Gasteiger partial charge in [-0.1, -0.05) is 30.3 Å². The lowest BCUT2D eigenvalue weighted by Gasteiger charge is -2.34. The molecule has 1 aromatic carbocycles. The molecule has 1 atom stereocenters. The minimum absolute atomic E-state index is 0.0564. The quantitative estimate of drug-likeness (QED) is 0.707. The zero-order chi connectivity index (χ0) is 22.2. The highest BCUT2D eigenvalue weighted by molar-refractivity contribution is 7.86. The monoisotopic (exact) mass is 443 g/mol. The molecule has 1 amide bonds. The average molecular weight is 444 g/mol. The molecule has 9 heteroatoms. The third kappa shape index (κ3) is 4.35. The first-order valence-corrected chi connectivity index (χ1v) is 12.1. The predicted octanol–water partition coefficient (Wildman–Crippen LogP) is 2.25. The van der Waals surface area contributed by atoms with Gasteiger partial charge >= 0.3 is 0 Å². The first-order chi connectivity index (χ1) is 14.8. The normalized spacial score (nSPS) is 20.2. The van der Waals surface area contributed by atoms with Gasteiger partial charge in [0.15, 0.2) is 0 Å². The van der Waals surface area contributed by atoms with Crippen LogP contribution in [-0.4, -0.2) is 60.1 Å². The Balaban J connectivity index is 1.67. The summed E-state index contributed by atoms with van der Waals surface area (Å²) in [5.74, 6) is 1.27. The fourth-order valence-corrected chi connectivity index (χ4v) is 5.50. The molecule has 1 aromatic heterocycles. The predicted molar refractivity (Wildman–Crippen MR) is 119 cm³/mol. The number of carbonyl (C=O) groups is 1. The third-order valence-electron chi connectivity index (χ3n) is 6.08. The molecule has 0 aliphatic carbocycles. The van der Waals surface area contributed by atoms with Crippen LogP contribution in [0.25, 0.3) is 0 Å². The zero-order valence-corrected chi connectivity index (χ0v) is 19.1. The molecule has 0 saturated carbocycles. The molecule has 0 radical (unpaired) electrons. The Kier molecular flexibility index (Phi) is 6.09. The molecule has 4 rings (SSSR count). The van der Waals surface area contributed by atoms with Crippen molar-refractivity contribution in [3.05, 3.63) is 53.0 Å². The van der Waals surface area contributed by atoms with E-state index in [4.69, 9.17) is 9.97 Å². The number of anilines is 1. The standard InChI is InChI=1S/C22H29N5O3S/c1-16-19-11-12-20(28)27(14-17-8-5-4-6-9-17)22(19)24-21(23-16)18-10-7-13-26(15-18)31(29,30)25(2)3/h4-6,8-9,18H,7,10-15H2,1-3H3/t18-/m1/s1. The Morgan fingerprint density at radius 1 is 1.13 bits per heavy atom. The van der Waals surface area contributed by atoms with E-state index in [9.17, 15) is 13.2 Å². The summed E-state index contributed by atoms with van der Waals surface area (Å²) in [6.45, 7) is 3.27. The molecule has 0 bridgehead atoms. The van der Waals surface area contributed by atoms with Crippen molar-refractivity contribution >= 4 is 21.9 Å². The molecule has 0 N–H and O–H groups in total. The van der Waals surface area contributed by atoms with Gasteiger partial charge in [0.2, 0.25) is 5.91 Å². The Hall–Kier alpha value is -2.36. The summed E-state index contributed by atoms with van der Waals surface area (Å²) in [6, 6.07) is 9.88.